The molecule has 0 unspecified atom stereocenters. The Morgan fingerprint density at radius 3 is 2.39 bits per heavy atom. The van der Waals surface area contributed by atoms with Crippen molar-refractivity contribution in [3.8, 4) is 11.5 Å². The van der Waals surface area contributed by atoms with Crippen molar-refractivity contribution in [2.45, 2.75) is 12.8 Å². The van der Waals surface area contributed by atoms with Crippen LogP contribution in [0.4, 0.5) is 0 Å². The molecule has 1 aromatic heterocycles. The first-order valence-electron chi connectivity index (χ1n) is 10.4. The van der Waals surface area contributed by atoms with E-state index in [9.17, 15) is 14.4 Å². The summed E-state index contributed by atoms with van der Waals surface area (Å²) >= 11 is 0. The van der Waals surface area contributed by atoms with Crippen LogP contribution in [0.1, 0.15) is 33.6 Å². The van der Waals surface area contributed by atoms with E-state index in [-0.39, 0.29) is 23.3 Å². The number of carbonyl (C=O) groups excluding carboxylic acids is 3. The third-order valence-electron chi connectivity index (χ3n) is 5.84. The third kappa shape index (κ3) is 3.65. The number of nitrogens with two attached hydrogens (primary N) is 1. The molecule has 0 radical (unpaired) electrons. The summed E-state index contributed by atoms with van der Waals surface area (Å²) in [5.41, 5.74) is 7.71. The second-order valence-corrected chi connectivity index (χ2v) is 8.01. The van der Waals surface area contributed by atoms with Gasteiger partial charge < -0.3 is 20.0 Å². The molecule has 8 nitrogen and oxygen atoms in total. The summed E-state index contributed by atoms with van der Waals surface area (Å²) in [7, 11) is 0. The second-order valence-electron chi connectivity index (χ2n) is 8.01. The predicted molar refractivity (Wildman–Crippen MR) is 113 cm³/mol. The molecule has 1 aliphatic carbocycles. The van der Waals surface area contributed by atoms with E-state index in [0.29, 0.717) is 54.3 Å². The van der Waals surface area contributed by atoms with Gasteiger partial charge in [0, 0.05) is 43.2 Å². The molecule has 0 atom stereocenters. The van der Waals surface area contributed by atoms with E-state index >= 15 is 0 Å². The molecule has 0 bridgehead atoms. The molecule has 1 aliphatic heterocycles. The number of aromatic nitrogens is 1. The predicted octanol–water partition coefficient (Wildman–Crippen LogP) is 2.29. The van der Waals surface area contributed by atoms with Crippen LogP contribution < -0.4 is 5.73 Å². The highest BCUT2D eigenvalue weighted by molar-refractivity contribution is 6.03. The van der Waals surface area contributed by atoms with Crippen LogP contribution in [0.5, 0.6) is 0 Å². The number of hydrogen-bond acceptors (Lipinski definition) is 5. The zero-order valence-electron chi connectivity index (χ0n) is 16.9. The third-order valence-corrected chi connectivity index (χ3v) is 5.84. The first-order valence-corrected chi connectivity index (χ1v) is 10.4. The van der Waals surface area contributed by atoms with Gasteiger partial charge in [-0.05, 0) is 43.2 Å². The molecule has 2 N–H and O–H groups in total. The van der Waals surface area contributed by atoms with Crippen molar-refractivity contribution in [1.29, 1.82) is 0 Å². The fraction of sp³-hybridized carbons (Fsp3) is 0.304. The number of primary amides is 1. The molecule has 2 aliphatic rings. The topological polar surface area (TPSA) is 110 Å². The van der Waals surface area contributed by atoms with Gasteiger partial charge in [-0.15, -0.1) is 0 Å². The van der Waals surface area contributed by atoms with Gasteiger partial charge in [0.15, 0.2) is 5.58 Å². The largest absolute Gasteiger partial charge is 0.435 e. The van der Waals surface area contributed by atoms with E-state index in [0.717, 1.165) is 12.8 Å². The van der Waals surface area contributed by atoms with Crippen LogP contribution in [0.15, 0.2) is 46.9 Å². The minimum absolute atomic E-state index is 0.0886. The number of para-hydroxylation sites is 1. The van der Waals surface area contributed by atoms with Crippen molar-refractivity contribution in [3.05, 3.63) is 53.6 Å². The Morgan fingerprint density at radius 1 is 0.968 bits per heavy atom. The highest BCUT2D eigenvalue weighted by Crippen LogP contribution is 2.31. The monoisotopic (exact) mass is 418 g/mol. The fourth-order valence-electron chi connectivity index (χ4n) is 3.95. The molecule has 2 heterocycles. The maximum Gasteiger partial charge on any atom is 0.253 e. The van der Waals surface area contributed by atoms with E-state index < -0.39 is 5.91 Å². The summed E-state index contributed by atoms with van der Waals surface area (Å²) < 4.78 is 5.81. The first kappa shape index (κ1) is 19.3. The average molecular weight is 418 g/mol. The molecule has 3 amide bonds. The zero-order chi connectivity index (χ0) is 21.5. The molecule has 158 valence electrons. The van der Waals surface area contributed by atoms with E-state index in [4.69, 9.17) is 10.2 Å². The number of carbonyl (C=O) groups is 3. The summed E-state index contributed by atoms with van der Waals surface area (Å²) in [4.78, 5) is 45.0. The van der Waals surface area contributed by atoms with E-state index in [1.165, 1.54) is 0 Å². The number of rotatable bonds is 4. The van der Waals surface area contributed by atoms with Crippen LogP contribution in [0.3, 0.4) is 0 Å². The number of benzene rings is 2. The normalized spacial score (nSPS) is 16.5. The maximum atomic E-state index is 13.0. The number of fused-ring (bicyclic) bond motifs is 1. The molecule has 3 aromatic rings. The van der Waals surface area contributed by atoms with Crippen molar-refractivity contribution >= 4 is 28.8 Å². The molecular weight excluding hydrogens is 396 g/mol. The molecule has 2 fully saturated rings. The van der Waals surface area contributed by atoms with Gasteiger partial charge >= 0.3 is 0 Å². The summed E-state index contributed by atoms with van der Waals surface area (Å²) in [6.07, 6.45) is 1.98. The van der Waals surface area contributed by atoms with E-state index in [2.05, 4.69) is 4.98 Å². The van der Waals surface area contributed by atoms with Crippen LogP contribution >= 0.6 is 0 Å². The van der Waals surface area contributed by atoms with Crippen molar-refractivity contribution in [1.82, 2.24) is 14.8 Å². The molecule has 0 spiro atoms. The van der Waals surface area contributed by atoms with Gasteiger partial charge in [-0.2, -0.15) is 0 Å². The van der Waals surface area contributed by atoms with Crippen molar-refractivity contribution < 1.29 is 18.8 Å². The number of oxazole rings is 1. The summed E-state index contributed by atoms with van der Waals surface area (Å²) in [6.45, 7) is 2.18. The van der Waals surface area contributed by atoms with Crippen molar-refractivity contribution in [2.24, 2.45) is 11.7 Å². The lowest BCUT2D eigenvalue weighted by atomic mass is 10.1. The molecule has 8 heteroatoms. The Balaban J connectivity index is 1.35. The van der Waals surface area contributed by atoms with Gasteiger partial charge in [0.1, 0.15) is 5.52 Å². The highest BCUT2D eigenvalue weighted by atomic mass is 16.3. The lowest BCUT2D eigenvalue weighted by molar-refractivity contribution is -0.134. The Labute approximate surface area is 178 Å². The lowest BCUT2D eigenvalue weighted by Gasteiger charge is -2.35. The standard InChI is InChI=1S/C23H22N4O4/c24-20(28)17-5-2-6-18-19(17)31-21(25-18)15-3-1-4-16(13-15)23(30)27-11-9-26(10-12-27)22(29)14-7-8-14/h1-6,13-14H,7-12H2,(H2,24,28). The molecule has 2 aromatic carbocycles. The number of hydrogen-bond donors (Lipinski definition) is 1. The molecule has 1 saturated heterocycles. The van der Waals surface area contributed by atoms with Crippen LogP contribution in [0.2, 0.25) is 0 Å². The summed E-state index contributed by atoms with van der Waals surface area (Å²) in [5, 5.41) is 0. The van der Waals surface area contributed by atoms with Gasteiger partial charge in [0.05, 0.1) is 5.56 Å². The van der Waals surface area contributed by atoms with Gasteiger partial charge in [0.2, 0.25) is 11.8 Å². The van der Waals surface area contributed by atoms with Crippen molar-refractivity contribution in [2.75, 3.05) is 26.2 Å². The Hall–Kier alpha value is -3.68. The number of nitrogens with zero attached hydrogens (tertiary/aromatic N) is 3. The minimum atomic E-state index is -0.587. The SMILES string of the molecule is NC(=O)c1cccc2nc(-c3cccc(C(=O)N4CCN(C(=O)C5CC5)CC4)c3)oc12. The van der Waals surface area contributed by atoms with Gasteiger partial charge in [-0.3, -0.25) is 14.4 Å². The smallest absolute Gasteiger partial charge is 0.253 e. The summed E-state index contributed by atoms with van der Waals surface area (Å²) in [6, 6.07) is 12.1. The second kappa shape index (κ2) is 7.54. The Kier molecular flexibility index (Phi) is 4.69. The first-order chi connectivity index (χ1) is 15.0. The van der Waals surface area contributed by atoms with Crippen LogP contribution in [0, 0.1) is 5.92 Å². The molecular formula is C23H22N4O4. The molecule has 1 saturated carbocycles. The van der Waals surface area contributed by atoms with Crippen LogP contribution in [-0.2, 0) is 4.79 Å². The Morgan fingerprint density at radius 2 is 1.68 bits per heavy atom. The summed E-state index contributed by atoms with van der Waals surface area (Å²) in [5.74, 6) is 0.0646. The average Bonchev–Trinajstić information content (AvgIpc) is 3.55. The number of piperazine rings is 1. The lowest BCUT2D eigenvalue weighted by Crippen LogP contribution is -2.51. The van der Waals surface area contributed by atoms with E-state index in [1.807, 2.05) is 4.90 Å². The van der Waals surface area contributed by atoms with Crippen molar-refractivity contribution in [3.63, 3.8) is 0 Å². The van der Waals surface area contributed by atoms with Gasteiger partial charge in [-0.25, -0.2) is 4.98 Å². The zero-order valence-corrected chi connectivity index (χ0v) is 16.9. The van der Waals surface area contributed by atoms with Crippen LogP contribution in [-0.4, -0.2) is 58.7 Å². The van der Waals surface area contributed by atoms with Gasteiger partial charge in [0.25, 0.3) is 11.8 Å². The highest BCUT2D eigenvalue weighted by Gasteiger charge is 2.35. The molecule has 5 rings (SSSR count). The van der Waals surface area contributed by atoms with Gasteiger partial charge in [-0.1, -0.05) is 12.1 Å². The Bertz CT molecular complexity index is 1190. The minimum Gasteiger partial charge on any atom is -0.435 e. The van der Waals surface area contributed by atoms with E-state index in [1.54, 1.807) is 47.4 Å². The number of amides is 3. The molecule has 31 heavy (non-hydrogen) atoms. The van der Waals surface area contributed by atoms with Crippen LogP contribution in [0.25, 0.3) is 22.6 Å². The quantitative estimate of drug-likeness (QED) is 0.699. The fourth-order valence-corrected chi connectivity index (χ4v) is 3.95. The maximum absolute atomic E-state index is 13.0.